The van der Waals surface area contributed by atoms with Crippen molar-refractivity contribution in [1.82, 2.24) is 15.5 Å². The van der Waals surface area contributed by atoms with Crippen molar-refractivity contribution in [1.29, 1.82) is 0 Å². The molecular formula is C11H10F2N4O2S. The van der Waals surface area contributed by atoms with Gasteiger partial charge in [-0.05, 0) is 20.0 Å². The largest absolute Gasteiger partial charge is 0.311 e. The molecule has 0 aliphatic carbocycles. The molecule has 106 valence electrons. The first-order chi connectivity index (χ1) is 9.45. The molecule has 0 saturated heterocycles. The molecule has 9 heteroatoms. The molecule has 0 radical (unpaired) electrons. The van der Waals surface area contributed by atoms with Crippen LogP contribution < -0.4 is 5.32 Å². The standard InChI is InChI=1S/C11H10F2N4O2S/c1-5(14-2)10-15-16-11(20-10)8-6(12)3-4-7(9(8)13)17(18)19/h3-5,14H,1-2H3. The van der Waals surface area contributed by atoms with Crippen LogP contribution in [0.1, 0.15) is 18.0 Å². The van der Waals surface area contributed by atoms with Gasteiger partial charge >= 0.3 is 5.69 Å². The number of rotatable bonds is 4. The molecule has 2 rings (SSSR count). The number of halogens is 2. The van der Waals surface area contributed by atoms with Crippen molar-refractivity contribution in [2.75, 3.05) is 7.05 Å². The van der Waals surface area contributed by atoms with Crippen LogP contribution in [0.4, 0.5) is 14.5 Å². The smallest absolute Gasteiger partial charge is 0.305 e. The van der Waals surface area contributed by atoms with Crippen molar-refractivity contribution < 1.29 is 13.7 Å². The van der Waals surface area contributed by atoms with E-state index in [1.807, 2.05) is 6.92 Å². The minimum atomic E-state index is -1.24. The predicted octanol–water partition coefficient (Wildman–Crippen LogP) is 2.67. The quantitative estimate of drug-likeness (QED) is 0.693. The normalized spacial score (nSPS) is 12.4. The summed E-state index contributed by atoms with van der Waals surface area (Å²) in [5, 5.41) is 21.6. The molecule has 0 bridgehead atoms. The van der Waals surface area contributed by atoms with Crippen molar-refractivity contribution >= 4 is 17.0 Å². The summed E-state index contributed by atoms with van der Waals surface area (Å²) in [6.45, 7) is 1.81. The molecule has 2 aromatic rings. The Balaban J connectivity index is 2.55. The van der Waals surface area contributed by atoms with Gasteiger partial charge < -0.3 is 5.32 Å². The summed E-state index contributed by atoms with van der Waals surface area (Å²) < 4.78 is 27.7. The molecule has 0 aliphatic rings. The average Bonchev–Trinajstić information content (AvgIpc) is 2.87. The second kappa shape index (κ2) is 5.55. The summed E-state index contributed by atoms with van der Waals surface area (Å²) in [4.78, 5) is 9.77. The van der Waals surface area contributed by atoms with Crippen molar-refractivity contribution in [3.63, 3.8) is 0 Å². The Morgan fingerprint density at radius 3 is 2.70 bits per heavy atom. The van der Waals surface area contributed by atoms with E-state index in [0.29, 0.717) is 5.01 Å². The van der Waals surface area contributed by atoms with Gasteiger partial charge in [0, 0.05) is 6.07 Å². The number of hydrogen-bond donors (Lipinski definition) is 1. The van der Waals surface area contributed by atoms with Crippen molar-refractivity contribution in [3.8, 4) is 10.6 Å². The summed E-state index contributed by atoms with van der Waals surface area (Å²) >= 11 is 0.980. The van der Waals surface area contributed by atoms with Gasteiger partial charge in [0.05, 0.1) is 16.5 Å². The fourth-order valence-electron chi connectivity index (χ4n) is 1.51. The van der Waals surface area contributed by atoms with Gasteiger partial charge in [0.1, 0.15) is 10.8 Å². The van der Waals surface area contributed by atoms with E-state index in [0.717, 1.165) is 23.5 Å². The second-order valence-corrected chi connectivity index (χ2v) is 4.98. The first-order valence-electron chi connectivity index (χ1n) is 5.59. The third kappa shape index (κ3) is 2.49. The maximum Gasteiger partial charge on any atom is 0.305 e. The van der Waals surface area contributed by atoms with Crippen LogP contribution in [-0.2, 0) is 0 Å². The molecule has 0 aliphatic heterocycles. The minimum absolute atomic E-state index is 0.0270. The molecule has 6 nitrogen and oxygen atoms in total. The molecule has 1 aromatic heterocycles. The zero-order valence-electron chi connectivity index (χ0n) is 10.6. The Kier molecular flexibility index (Phi) is 4.00. The summed E-state index contributed by atoms with van der Waals surface area (Å²) in [6.07, 6.45) is 0. The van der Waals surface area contributed by atoms with Crippen molar-refractivity contribution in [2.24, 2.45) is 0 Å². The van der Waals surface area contributed by atoms with E-state index in [9.17, 15) is 18.9 Å². The van der Waals surface area contributed by atoms with Gasteiger partial charge in [0.2, 0.25) is 5.82 Å². The molecule has 0 amide bonds. The van der Waals surface area contributed by atoms with E-state index in [1.165, 1.54) is 0 Å². The number of benzene rings is 1. The first-order valence-corrected chi connectivity index (χ1v) is 6.40. The zero-order valence-corrected chi connectivity index (χ0v) is 11.4. The molecular weight excluding hydrogens is 290 g/mol. The lowest BCUT2D eigenvalue weighted by Gasteiger charge is -2.03. The third-order valence-corrected chi connectivity index (χ3v) is 3.85. The lowest BCUT2D eigenvalue weighted by molar-refractivity contribution is -0.387. The van der Waals surface area contributed by atoms with Gasteiger partial charge in [-0.3, -0.25) is 10.1 Å². The summed E-state index contributed by atoms with van der Waals surface area (Å²) in [7, 11) is 1.71. The van der Waals surface area contributed by atoms with E-state index in [2.05, 4.69) is 15.5 Å². The van der Waals surface area contributed by atoms with E-state index < -0.39 is 27.8 Å². The van der Waals surface area contributed by atoms with Crippen LogP contribution in [0.3, 0.4) is 0 Å². The SMILES string of the molecule is CNC(C)c1nnc(-c2c(F)ccc([N+](=O)[O-])c2F)s1. The minimum Gasteiger partial charge on any atom is -0.311 e. The third-order valence-electron chi connectivity index (χ3n) is 2.73. The maximum atomic E-state index is 14.0. The van der Waals surface area contributed by atoms with Crippen LogP contribution in [0.5, 0.6) is 0 Å². The van der Waals surface area contributed by atoms with Crippen LogP contribution in [-0.4, -0.2) is 22.2 Å². The summed E-state index contributed by atoms with van der Waals surface area (Å²) in [6, 6.07) is 1.50. The highest BCUT2D eigenvalue weighted by molar-refractivity contribution is 7.14. The van der Waals surface area contributed by atoms with E-state index in [1.54, 1.807) is 7.05 Å². The highest BCUT2D eigenvalue weighted by Gasteiger charge is 2.25. The van der Waals surface area contributed by atoms with Crippen LogP contribution in [0, 0.1) is 21.7 Å². The number of nitrogens with zero attached hydrogens (tertiary/aromatic N) is 3. The second-order valence-electron chi connectivity index (χ2n) is 3.97. The topological polar surface area (TPSA) is 81.0 Å². The van der Waals surface area contributed by atoms with Crippen molar-refractivity contribution in [3.05, 3.63) is 38.9 Å². The molecule has 1 atom stereocenters. The van der Waals surface area contributed by atoms with Crippen LogP contribution in [0.25, 0.3) is 10.6 Å². The Hall–Kier alpha value is -2.00. The van der Waals surface area contributed by atoms with E-state index >= 15 is 0 Å². The van der Waals surface area contributed by atoms with Gasteiger partial charge in [0.15, 0.2) is 5.01 Å². The lowest BCUT2D eigenvalue weighted by Crippen LogP contribution is -2.11. The first kappa shape index (κ1) is 14.4. The lowest BCUT2D eigenvalue weighted by atomic mass is 10.2. The molecule has 1 aromatic carbocycles. The fraction of sp³-hybridized carbons (Fsp3) is 0.273. The molecule has 1 heterocycles. The number of hydrogen-bond acceptors (Lipinski definition) is 6. The molecule has 1 unspecified atom stereocenters. The number of aromatic nitrogens is 2. The Labute approximate surface area is 116 Å². The van der Waals surface area contributed by atoms with Gasteiger partial charge in [-0.2, -0.15) is 4.39 Å². The monoisotopic (exact) mass is 300 g/mol. The van der Waals surface area contributed by atoms with Crippen LogP contribution in [0.15, 0.2) is 12.1 Å². The highest BCUT2D eigenvalue weighted by atomic mass is 32.1. The molecule has 0 saturated carbocycles. The summed E-state index contributed by atoms with van der Waals surface area (Å²) in [5.74, 6) is -2.15. The number of nitrogens with one attached hydrogen (secondary N) is 1. The molecule has 20 heavy (non-hydrogen) atoms. The Morgan fingerprint density at radius 2 is 2.10 bits per heavy atom. The number of nitro benzene ring substituents is 1. The van der Waals surface area contributed by atoms with Gasteiger partial charge in [-0.15, -0.1) is 10.2 Å². The molecule has 1 N–H and O–H groups in total. The Bertz CT molecular complexity index is 662. The zero-order chi connectivity index (χ0) is 14.9. The van der Waals surface area contributed by atoms with Crippen LogP contribution >= 0.6 is 11.3 Å². The average molecular weight is 300 g/mol. The highest BCUT2D eigenvalue weighted by Crippen LogP contribution is 2.34. The Morgan fingerprint density at radius 1 is 1.40 bits per heavy atom. The summed E-state index contributed by atoms with van der Waals surface area (Å²) in [5.41, 5.74) is -1.31. The maximum absolute atomic E-state index is 14.0. The van der Waals surface area contributed by atoms with Gasteiger partial charge in [-0.25, -0.2) is 4.39 Å². The molecule has 0 fully saturated rings. The van der Waals surface area contributed by atoms with Gasteiger partial charge in [0.25, 0.3) is 0 Å². The number of nitro groups is 1. The predicted molar refractivity (Wildman–Crippen MR) is 69.4 cm³/mol. The van der Waals surface area contributed by atoms with Crippen LogP contribution in [0.2, 0.25) is 0 Å². The van der Waals surface area contributed by atoms with E-state index in [4.69, 9.17) is 0 Å². The molecule has 0 spiro atoms. The fourth-order valence-corrected chi connectivity index (χ4v) is 2.46. The van der Waals surface area contributed by atoms with Gasteiger partial charge in [-0.1, -0.05) is 11.3 Å². The van der Waals surface area contributed by atoms with E-state index in [-0.39, 0.29) is 11.0 Å². The van der Waals surface area contributed by atoms with Crippen molar-refractivity contribution in [2.45, 2.75) is 13.0 Å².